The van der Waals surface area contributed by atoms with Gasteiger partial charge in [-0.2, -0.15) is 0 Å². The molecule has 1 saturated heterocycles. The lowest BCUT2D eigenvalue weighted by molar-refractivity contribution is 0.258. The number of rotatable bonds is 5. The predicted molar refractivity (Wildman–Crippen MR) is 81.3 cm³/mol. The van der Waals surface area contributed by atoms with E-state index in [0.29, 0.717) is 19.0 Å². The summed E-state index contributed by atoms with van der Waals surface area (Å²) in [5, 5.41) is 0. The lowest BCUT2D eigenvalue weighted by Crippen LogP contribution is -2.09. The van der Waals surface area contributed by atoms with Gasteiger partial charge < -0.3 is 9.47 Å². The molecule has 110 valence electrons. The highest BCUT2D eigenvalue weighted by Gasteiger charge is 2.26. The maximum absolute atomic E-state index is 12.7. The highest BCUT2D eigenvalue weighted by Crippen LogP contribution is 2.30. The Morgan fingerprint density at radius 1 is 1.14 bits per heavy atom. The summed E-state index contributed by atoms with van der Waals surface area (Å²) in [6, 6.07) is 13.2. The molecule has 2 aromatic carbocycles. The van der Waals surface area contributed by atoms with Crippen LogP contribution in [0.25, 0.3) is 0 Å². The van der Waals surface area contributed by atoms with Gasteiger partial charge in [0.2, 0.25) is 9.84 Å². The first-order chi connectivity index (χ1) is 10.1. The number of hydrogen-bond donors (Lipinski definition) is 0. The molecule has 2 aromatic rings. The molecule has 3 rings (SSSR count). The van der Waals surface area contributed by atoms with Gasteiger partial charge in [-0.25, -0.2) is 8.42 Å². The Hall–Kier alpha value is -1.37. The molecule has 4 nitrogen and oxygen atoms in total. The summed E-state index contributed by atoms with van der Waals surface area (Å²) in [5.74, 6) is 0.357. The van der Waals surface area contributed by atoms with Crippen molar-refractivity contribution in [3.05, 3.63) is 53.0 Å². The maximum Gasteiger partial charge on any atom is 0.210 e. The van der Waals surface area contributed by atoms with E-state index >= 15 is 0 Å². The third-order valence-corrected chi connectivity index (χ3v) is 5.43. The molecule has 0 amide bonds. The molecule has 0 aliphatic carbocycles. The molecule has 0 N–H and O–H groups in total. The number of ether oxygens (including phenoxy) is 2. The van der Waals surface area contributed by atoms with Crippen LogP contribution >= 0.6 is 15.9 Å². The van der Waals surface area contributed by atoms with E-state index in [-0.39, 0.29) is 15.9 Å². The third kappa shape index (κ3) is 3.28. The zero-order chi connectivity index (χ0) is 14.9. The molecule has 0 saturated carbocycles. The Morgan fingerprint density at radius 3 is 2.48 bits per heavy atom. The zero-order valence-corrected chi connectivity index (χ0v) is 13.4. The van der Waals surface area contributed by atoms with Gasteiger partial charge >= 0.3 is 0 Å². The van der Waals surface area contributed by atoms with E-state index in [1.165, 1.54) is 0 Å². The molecular formula is C15H13BrO4S. The number of epoxide rings is 1. The molecule has 21 heavy (non-hydrogen) atoms. The molecule has 1 aliphatic rings. The van der Waals surface area contributed by atoms with Gasteiger partial charge in [0.25, 0.3) is 0 Å². The van der Waals surface area contributed by atoms with E-state index in [9.17, 15) is 8.42 Å². The van der Waals surface area contributed by atoms with Crippen molar-refractivity contribution >= 4 is 25.8 Å². The van der Waals surface area contributed by atoms with E-state index in [1.54, 1.807) is 48.5 Å². The minimum atomic E-state index is -3.60. The fourth-order valence-corrected chi connectivity index (χ4v) is 3.54. The van der Waals surface area contributed by atoms with Gasteiger partial charge in [-0.3, -0.25) is 0 Å². The van der Waals surface area contributed by atoms with E-state index in [4.69, 9.17) is 9.47 Å². The molecular weight excluding hydrogens is 356 g/mol. The third-order valence-electron chi connectivity index (χ3n) is 3.09. The summed E-state index contributed by atoms with van der Waals surface area (Å²) in [6.07, 6.45) is 0.0773. The Kier molecular flexibility index (Phi) is 4.01. The van der Waals surface area contributed by atoms with Crippen LogP contribution in [0.1, 0.15) is 0 Å². The topological polar surface area (TPSA) is 55.9 Å². The van der Waals surface area contributed by atoms with Crippen molar-refractivity contribution < 1.29 is 17.9 Å². The summed E-state index contributed by atoms with van der Waals surface area (Å²) >= 11 is 3.30. The predicted octanol–water partition coefficient (Wildman–Crippen LogP) is 3.06. The van der Waals surface area contributed by atoms with Crippen molar-refractivity contribution in [1.29, 1.82) is 0 Å². The largest absolute Gasteiger partial charge is 0.489 e. The average Bonchev–Trinajstić information content (AvgIpc) is 3.30. The standard InChI is InChI=1S/C15H13BrO4S/c16-11-5-7-13(8-6-11)21(17,18)15-4-2-1-3-14(15)20-10-12-9-19-12/h1-8,12H,9-10H2. The van der Waals surface area contributed by atoms with Gasteiger partial charge in [0.15, 0.2) is 0 Å². The minimum Gasteiger partial charge on any atom is -0.489 e. The van der Waals surface area contributed by atoms with Crippen molar-refractivity contribution in [3.8, 4) is 5.75 Å². The molecule has 0 aromatic heterocycles. The van der Waals surface area contributed by atoms with Crippen LogP contribution in [0.5, 0.6) is 5.75 Å². The smallest absolute Gasteiger partial charge is 0.210 e. The first-order valence-electron chi connectivity index (χ1n) is 6.41. The van der Waals surface area contributed by atoms with Crippen molar-refractivity contribution in [2.24, 2.45) is 0 Å². The van der Waals surface area contributed by atoms with Gasteiger partial charge in [0.1, 0.15) is 23.4 Å². The SMILES string of the molecule is O=S(=O)(c1ccc(Br)cc1)c1ccccc1OCC1CO1. The molecule has 1 atom stereocenters. The number of para-hydroxylation sites is 1. The zero-order valence-electron chi connectivity index (χ0n) is 11.0. The van der Waals surface area contributed by atoms with Crippen LogP contribution in [0.15, 0.2) is 62.8 Å². The Balaban J connectivity index is 1.95. The highest BCUT2D eigenvalue weighted by molar-refractivity contribution is 9.10. The van der Waals surface area contributed by atoms with Crippen molar-refractivity contribution in [2.45, 2.75) is 15.9 Å². The van der Waals surface area contributed by atoms with Crippen LogP contribution in [0, 0.1) is 0 Å². The molecule has 0 bridgehead atoms. The van der Waals surface area contributed by atoms with Crippen molar-refractivity contribution in [1.82, 2.24) is 0 Å². The van der Waals surface area contributed by atoms with Gasteiger partial charge in [0.05, 0.1) is 11.5 Å². The maximum atomic E-state index is 12.7. The van der Waals surface area contributed by atoms with Gasteiger partial charge in [-0.1, -0.05) is 28.1 Å². The van der Waals surface area contributed by atoms with E-state index in [2.05, 4.69) is 15.9 Å². The molecule has 1 aliphatic heterocycles. The second kappa shape index (κ2) is 5.79. The second-order valence-corrected chi connectivity index (χ2v) is 7.50. The summed E-state index contributed by atoms with van der Waals surface area (Å²) in [4.78, 5) is 0.414. The van der Waals surface area contributed by atoms with Crippen LogP contribution in [-0.2, 0) is 14.6 Å². The summed E-state index contributed by atoms with van der Waals surface area (Å²) < 4.78 is 36.9. The summed E-state index contributed by atoms with van der Waals surface area (Å²) in [6.45, 7) is 1.04. The summed E-state index contributed by atoms with van der Waals surface area (Å²) in [7, 11) is -3.60. The lowest BCUT2D eigenvalue weighted by Gasteiger charge is -2.11. The first-order valence-corrected chi connectivity index (χ1v) is 8.69. The molecule has 1 fully saturated rings. The van der Waals surface area contributed by atoms with Crippen molar-refractivity contribution in [2.75, 3.05) is 13.2 Å². The summed E-state index contributed by atoms with van der Waals surface area (Å²) in [5.41, 5.74) is 0. The fourth-order valence-electron chi connectivity index (χ4n) is 1.88. The minimum absolute atomic E-state index is 0.0773. The monoisotopic (exact) mass is 368 g/mol. The van der Waals surface area contributed by atoms with Crippen LogP contribution < -0.4 is 4.74 Å². The number of benzene rings is 2. The van der Waals surface area contributed by atoms with Gasteiger partial charge in [-0.05, 0) is 36.4 Å². The number of halogens is 1. The molecule has 0 radical (unpaired) electrons. The van der Waals surface area contributed by atoms with Crippen LogP contribution in [0.3, 0.4) is 0 Å². The Labute approximate surface area is 131 Å². The molecule has 1 unspecified atom stereocenters. The van der Waals surface area contributed by atoms with Crippen molar-refractivity contribution in [3.63, 3.8) is 0 Å². The average molecular weight is 369 g/mol. The Morgan fingerprint density at radius 2 is 1.81 bits per heavy atom. The highest BCUT2D eigenvalue weighted by atomic mass is 79.9. The number of hydrogen-bond acceptors (Lipinski definition) is 4. The van der Waals surface area contributed by atoms with E-state index < -0.39 is 9.84 Å². The van der Waals surface area contributed by atoms with E-state index in [0.717, 1.165) is 4.47 Å². The van der Waals surface area contributed by atoms with Gasteiger partial charge in [0, 0.05) is 4.47 Å². The normalized spacial score (nSPS) is 17.5. The molecule has 6 heteroatoms. The fraction of sp³-hybridized carbons (Fsp3) is 0.200. The first kappa shape index (κ1) is 14.6. The Bertz CT molecular complexity index is 737. The van der Waals surface area contributed by atoms with Crippen LogP contribution in [-0.4, -0.2) is 27.7 Å². The second-order valence-electron chi connectivity index (χ2n) is 4.67. The number of sulfone groups is 1. The molecule has 0 spiro atoms. The quantitative estimate of drug-likeness (QED) is 0.761. The van der Waals surface area contributed by atoms with E-state index in [1.807, 2.05) is 0 Å². The molecule has 1 heterocycles. The lowest BCUT2D eigenvalue weighted by atomic mass is 10.3. The van der Waals surface area contributed by atoms with Gasteiger partial charge in [-0.15, -0.1) is 0 Å². The van der Waals surface area contributed by atoms with Crippen LogP contribution in [0.4, 0.5) is 0 Å². The van der Waals surface area contributed by atoms with Crippen LogP contribution in [0.2, 0.25) is 0 Å².